The number of hydrogen-bond donors (Lipinski definition) is 1. The van der Waals surface area contributed by atoms with E-state index < -0.39 is 5.82 Å². The minimum Gasteiger partial charge on any atom is -0.346 e. The van der Waals surface area contributed by atoms with Crippen LogP contribution in [0.5, 0.6) is 0 Å². The van der Waals surface area contributed by atoms with Gasteiger partial charge in [-0.1, -0.05) is 12.1 Å². The minimum atomic E-state index is -0.396. The number of carbonyl (C=O) groups is 1. The highest BCUT2D eigenvalue weighted by Crippen LogP contribution is 2.08. The lowest BCUT2D eigenvalue weighted by Gasteiger charge is -2.07. The molecule has 3 rings (SSSR count). The van der Waals surface area contributed by atoms with Gasteiger partial charge in [0.25, 0.3) is 5.91 Å². The summed E-state index contributed by atoms with van der Waals surface area (Å²) in [4.78, 5) is 20.1. The summed E-state index contributed by atoms with van der Waals surface area (Å²) < 4.78 is 14.7. The van der Waals surface area contributed by atoms with Gasteiger partial charge in [0.2, 0.25) is 0 Å². The lowest BCUT2D eigenvalue weighted by molar-refractivity contribution is 0.0950. The van der Waals surface area contributed by atoms with Crippen LogP contribution in [0, 0.1) is 5.82 Å². The van der Waals surface area contributed by atoms with Gasteiger partial charge < -0.3 is 9.88 Å². The second-order valence-electron chi connectivity index (χ2n) is 5.09. The average molecular weight is 310 g/mol. The van der Waals surface area contributed by atoms with Crippen LogP contribution in [-0.4, -0.2) is 20.4 Å². The van der Waals surface area contributed by atoms with E-state index in [1.54, 1.807) is 24.7 Å². The monoisotopic (exact) mass is 310 g/mol. The van der Waals surface area contributed by atoms with Gasteiger partial charge in [-0.15, -0.1) is 0 Å². The Kier molecular flexibility index (Phi) is 4.42. The third-order valence-electron chi connectivity index (χ3n) is 3.33. The SMILES string of the molecule is O=C(NCc1ccc(F)cn1)c1cccc(Cn2ccnc2)c1. The molecule has 0 unspecified atom stereocenters. The molecule has 0 saturated carbocycles. The van der Waals surface area contributed by atoms with E-state index in [0.717, 1.165) is 11.8 Å². The lowest BCUT2D eigenvalue weighted by atomic mass is 10.1. The molecule has 0 saturated heterocycles. The van der Waals surface area contributed by atoms with Crippen LogP contribution in [0.15, 0.2) is 61.3 Å². The van der Waals surface area contributed by atoms with Crippen molar-refractivity contribution in [2.24, 2.45) is 0 Å². The highest BCUT2D eigenvalue weighted by molar-refractivity contribution is 5.94. The second kappa shape index (κ2) is 6.83. The van der Waals surface area contributed by atoms with Crippen LogP contribution in [0.3, 0.4) is 0 Å². The normalized spacial score (nSPS) is 10.5. The molecule has 1 N–H and O–H groups in total. The summed E-state index contributed by atoms with van der Waals surface area (Å²) in [6.07, 6.45) is 6.44. The highest BCUT2D eigenvalue weighted by Gasteiger charge is 2.07. The molecular formula is C17H15FN4O. The zero-order valence-corrected chi connectivity index (χ0v) is 12.3. The van der Waals surface area contributed by atoms with Crippen LogP contribution in [0.2, 0.25) is 0 Å². The van der Waals surface area contributed by atoms with Crippen LogP contribution in [0.25, 0.3) is 0 Å². The van der Waals surface area contributed by atoms with E-state index in [9.17, 15) is 9.18 Å². The van der Waals surface area contributed by atoms with Gasteiger partial charge in [0.1, 0.15) is 5.82 Å². The third kappa shape index (κ3) is 4.00. The van der Waals surface area contributed by atoms with Crippen molar-refractivity contribution in [1.82, 2.24) is 19.9 Å². The standard InChI is InChI=1S/C17H15FN4O/c18-15-4-5-16(20-9-15)10-21-17(23)14-3-1-2-13(8-14)11-22-7-6-19-12-22/h1-9,12H,10-11H2,(H,21,23). The fourth-order valence-electron chi connectivity index (χ4n) is 2.19. The van der Waals surface area contributed by atoms with E-state index in [0.29, 0.717) is 17.8 Å². The molecule has 2 aromatic heterocycles. The van der Waals surface area contributed by atoms with Crippen LogP contribution in [-0.2, 0) is 13.1 Å². The second-order valence-corrected chi connectivity index (χ2v) is 5.09. The summed E-state index contributed by atoms with van der Waals surface area (Å²) in [5.74, 6) is -0.587. The molecule has 0 bridgehead atoms. The number of nitrogens with one attached hydrogen (secondary N) is 1. The third-order valence-corrected chi connectivity index (χ3v) is 3.33. The van der Waals surface area contributed by atoms with Crippen molar-refractivity contribution in [3.63, 3.8) is 0 Å². The molecule has 6 heteroatoms. The van der Waals surface area contributed by atoms with Gasteiger partial charge in [0, 0.05) is 24.5 Å². The molecule has 3 aromatic rings. The minimum absolute atomic E-state index is 0.191. The first-order valence-electron chi connectivity index (χ1n) is 7.14. The number of rotatable bonds is 5. The Hall–Kier alpha value is -3.02. The van der Waals surface area contributed by atoms with E-state index in [1.807, 2.05) is 29.0 Å². The maximum Gasteiger partial charge on any atom is 0.251 e. The van der Waals surface area contributed by atoms with E-state index >= 15 is 0 Å². The predicted octanol–water partition coefficient (Wildman–Crippen LogP) is 2.40. The van der Waals surface area contributed by atoms with Crippen molar-refractivity contribution < 1.29 is 9.18 Å². The van der Waals surface area contributed by atoms with Crippen LogP contribution >= 0.6 is 0 Å². The molecule has 1 aromatic carbocycles. The van der Waals surface area contributed by atoms with Gasteiger partial charge in [-0.05, 0) is 29.8 Å². The number of benzene rings is 1. The Labute approximate surface area is 132 Å². The van der Waals surface area contributed by atoms with Crippen molar-refractivity contribution >= 4 is 5.91 Å². The maximum absolute atomic E-state index is 12.8. The van der Waals surface area contributed by atoms with Crippen molar-refractivity contribution in [2.75, 3.05) is 0 Å². The molecule has 23 heavy (non-hydrogen) atoms. The molecule has 116 valence electrons. The number of halogens is 1. The molecule has 1 amide bonds. The molecule has 2 heterocycles. The molecule has 0 fully saturated rings. The van der Waals surface area contributed by atoms with Crippen molar-refractivity contribution in [3.8, 4) is 0 Å². The summed E-state index contributed by atoms with van der Waals surface area (Å²) in [7, 11) is 0. The van der Waals surface area contributed by atoms with Gasteiger partial charge in [0.05, 0.1) is 24.8 Å². The first-order valence-corrected chi connectivity index (χ1v) is 7.14. The zero-order valence-electron chi connectivity index (χ0n) is 12.3. The Balaban J connectivity index is 1.63. The van der Waals surface area contributed by atoms with Crippen molar-refractivity contribution in [3.05, 3.63) is 84.0 Å². The summed E-state index contributed by atoms with van der Waals surface area (Å²) in [5, 5.41) is 2.78. The average Bonchev–Trinajstić information content (AvgIpc) is 3.07. The Bertz CT molecular complexity index is 785. The molecule has 0 aliphatic rings. The van der Waals surface area contributed by atoms with Gasteiger partial charge in [-0.25, -0.2) is 9.37 Å². The number of aromatic nitrogens is 3. The quantitative estimate of drug-likeness (QED) is 0.787. The summed E-state index contributed by atoms with van der Waals surface area (Å²) in [6, 6.07) is 10.3. The molecule has 0 radical (unpaired) electrons. The number of carbonyl (C=O) groups excluding carboxylic acids is 1. The fraction of sp³-hybridized carbons (Fsp3) is 0.118. The van der Waals surface area contributed by atoms with E-state index in [1.165, 1.54) is 6.07 Å². The van der Waals surface area contributed by atoms with E-state index in [-0.39, 0.29) is 12.5 Å². The topological polar surface area (TPSA) is 59.8 Å². The van der Waals surface area contributed by atoms with Crippen molar-refractivity contribution in [2.45, 2.75) is 13.1 Å². The van der Waals surface area contributed by atoms with E-state index in [4.69, 9.17) is 0 Å². The van der Waals surface area contributed by atoms with Gasteiger partial charge in [0.15, 0.2) is 0 Å². The zero-order chi connectivity index (χ0) is 16.1. The molecule has 0 aliphatic heterocycles. The fourth-order valence-corrected chi connectivity index (χ4v) is 2.19. The first-order chi connectivity index (χ1) is 11.2. The number of hydrogen-bond acceptors (Lipinski definition) is 3. The highest BCUT2D eigenvalue weighted by atomic mass is 19.1. The Morgan fingerprint density at radius 3 is 2.91 bits per heavy atom. The molecule has 0 atom stereocenters. The number of amides is 1. The van der Waals surface area contributed by atoms with Crippen LogP contribution in [0.1, 0.15) is 21.6 Å². The molecule has 0 aliphatic carbocycles. The molecule has 0 spiro atoms. The van der Waals surface area contributed by atoms with Gasteiger partial charge in [-0.3, -0.25) is 9.78 Å². The van der Waals surface area contributed by atoms with E-state index in [2.05, 4.69) is 15.3 Å². The summed E-state index contributed by atoms with van der Waals surface area (Å²) >= 11 is 0. The maximum atomic E-state index is 12.8. The first kappa shape index (κ1) is 14.9. The largest absolute Gasteiger partial charge is 0.346 e. The molecular weight excluding hydrogens is 295 g/mol. The Morgan fingerprint density at radius 1 is 1.26 bits per heavy atom. The number of nitrogens with zero attached hydrogens (tertiary/aromatic N) is 3. The summed E-state index contributed by atoms with van der Waals surface area (Å²) in [6.45, 7) is 0.908. The summed E-state index contributed by atoms with van der Waals surface area (Å²) in [5.41, 5.74) is 2.19. The van der Waals surface area contributed by atoms with Gasteiger partial charge in [-0.2, -0.15) is 0 Å². The molecule has 5 nitrogen and oxygen atoms in total. The smallest absolute Gasteiger partial charge is 0.251 e. The lowest BCUT2D eigenvalue weighted by Crippen LogP contribution is -2.23. The van der Waals surface area contributed by atoms with Gasteiger partial charge >= 0.3 is 0 Å². The Morgan fingerprint density at radius 2 is 2.17 bits per heavy atom. The van der Waals surface area contributed by atoms with Crippen LogP contribution < -0.4 is 5.32 Å². The number of imidazole rings is 1. The van der Waals surface area contributed by atoms with Crippen LogP contribution in [0.4, 0.5) is 4.39 Å². The number of pyridine rings is 1. The van der Waals surface area contributed by atoms with Crippen molar-refractivity contribution in [1.29, 1.82) is 0 Å². The predicted molar refractivity (Wildman–Crippen MR) is 83.1 cm³/mol.